The van der Waals surface area contributed by atoms with Crippen LogP contribution in [0.25, 0.3) is 0 Å². The minimum Gasteiger partial charge on any atom is -0.0620 e. The molecule has 1 aliphatic rings. The van der Waals surface area contributed by atoms with E-state index in [9.17, 15) is 8.42 Å². The molecule has 0 heterocycles. The van der Waals surface area contributed by atoms with E-state index < -0.39 is 10.2 Å². The Morgan fingerprint density at radius 3 is 1.62 bits per heavy atom. The SMILES string of the molecule is NS(N)(=O)=O.[NaH].c1ccc2c(c1)C2. The van der Waals surface area contributed by atoms with Gasteiger partial charge in [0, 0.05) is 0 Å². The fraction of sp³-hybridized carbons (Fsp3) is 0.143. The van der Waals surface area contributed by atoms with Gasteiger partial charge in [0.15, 0.2) is 0 Å². The number of nitrogens with two attached hydrogens (primary N) is 2. The average Bonchev–Trinajstić information content (AvgIpc) is 2.59. The summed E-state index contributed by atoms with van der Waals surface area (Å²) in [6.45, 7) is 0. The number of rotatable bonds is 0. The van der Waals surface area contributed by atoms with Crippen LogP contribution >= 0.6 is 0 Å². The quantitative estimate of drug-likeness (QED) is 0.551. The van der Waals surface area contributed by atoms with E-state index in [4.69, 9.17) is 0 Å². The van der Waals surface area contributed by atoms with Gasteiger partial charge < -0.3 is 0 Å². The van der Waals surface area contributed by atoms with E-state index in [1.54, 1.807) is 0 Å². The van der Waals surface area contributed by atoms with Gasteiger partial charge in [0.2, 0.25) is 0 Å². The second-order valence-electron chi connectivity index (χ2n) is 2.53. The van der Waals surface area contributed by atoms with Crippen molar-refractivity contribution in [3.05, 3.63) is 35.4 Å². The van der Waals surface area contributed by atoms with Crippen LogP contribution in [0.5, 0.6) is 0 Å². The number of hydrogen-bond donors (Lipinski definition) is 2. The van der Waals surface area contributed by atoms with E-state index >= 15 is 0 Å². The molecule has 1 aliphatic carbocycles. The first-order valence-electron chi connectivity index (χ1n) is 3.34. The molecule has 13 heavy (non-hydrogen) atoms. The second kappa shape index (κ2) is 5.09. The van der Waals surface area contributed by atoms with Gasteiger partial charge in [-0.15, -0.1) is 0 Å². The van der Waals surface area contributed by atoms with Crippen molar-refractivity contribution < 1.29 is 8.42 Å². The van der Waals surface area contributed by atoms with Crippen molar-refractivity contribution in [2.45, 2.75) is 6.42 Å². The first-order chi connectivity index (χ1) is 5.47. The third kappa shape index (κ3) is 7.18. The third-order valence-corrected chi connectivity index (χ3v) is 1.37. The Kier molecular flexibility index (Phi) is 5.13. The first kappa shape index (κ1) is 13.1. The molecule has 4 nitrogen and oxygen atoms in total. The summed E-state index contributed by atoms with van der Waals surface area (Å²) in [7, 11) is -3.67. The second-order valence-corrected chi connectivity index (χ2v) is 3.71. The Labute approximate surface area is 99.8 Å². The van der Waals surface area contributed by atoms with Crippen molar-refractivity contribution in [2.75, 3.05) is 0 Å². The summed E-state index contributed by atoms with van der Waals surface area (Å²) < 4.78 is 18.4. The van der Waals surface area contributed by atoms with Crippen molar-refractivity contribution in [3.63, 3.8) is 0 Å². The molecule has 0 spiro atoms. The van der Waals surface area contributed by atoms with Gasteiger partial charge in [0.1, 0.15) is 0 Å². The van der Waals surface area contributed by atoms with Gasteiger partial charge in [-0.25, -0.2) is 10.3 Å². The minimum atomic E-state index is -3.67. The maximum atomic E-state index is 9.19. The number of fused-ring (bicyclic) bond motifs is 1. The zero-order valence-electron chi connectivity index (χ0n) is 6.40. The van der Waals surface area contributed by atoms with Gasteiger partial charge in [-0.05, 0) is 17.5 Å². The molecule has 0 amide bonds. The standard InChI is InChI=1S/C7H6.H4N2O2S.Na.H/c1-2-4-7-5-6(7)3-1;1-5(2,3)4;;/h1-4H,5H2;(H4,1,2,3,4);;. The van der Waals surface area contributed by atoms with Gasteiger partial charge in [-0.3, -0.25) is 0 Å². The van der Waals surface area contributed by atoms with Gasteiger partial charge in [-0.2, -0.15) is 8.42 Å². The zero-order valence-corrected chi connectivity index (χ0v) is 7.21. The summed E-state index contributed by atoms with van der Waals surface area (Å²) in [5, 5.41) is 8.21. The zero-order chi connectivity index (χ0) is 9.19. The Bertz CT molecular complexity index is 349. The van der Waals surface area contributed by atoms with Gasteiger partial charge >= 0.3 is 29.6 Å². The van der Waals surface area contributed by atoms with Gasteiger partial charge in [-0.1, -0.05) is 24.3 Å². The van der Waals surface area contributed by atoms with Crippen molar-refractivity contribution in [1.29, 1.82) is 0 Å². The Morgan fingerprint density at radius 1 is 1.08 bits per heavy atom. The third-order valence-electron chi connectivity index (χ3n) is 1.37. The molecule has 0 unspecified atom stereocenters. The van der Waals surface area contributed by atoms with E-state index in [0.717, 1.165) is 0 Å². The molecule has 0 saturated carbocycles. The molecule has 1 aromatic rings. The Balaban J connectivity index is 0.000000220. The van der Waals surface area contributed by atoms with E-state index in [-0.39, 0.29) is 29.6 Å². The topological polar surface area (TPSA) is 86.2 Å². The van der Waals surface area contributed by atoms with Crippen LogP contribution in [0.1, 0.15) is 11.1 Å². The molecule has 68 valence electrons. The van der Waals surface area contributed by atoms with E-state index in [1.807, 2.05) is 0 Å². The van der Waals surface area contributed by atoms with Gasteiger partial charge in [0.25, 0.3) is 10.2 Å². The summed E-state index contributed by atoms with van der Waals surface area (Å²) in [5.41, 5.74) is 3.06. The Hall–Kier alpha value is 0.0900. The normalized spacial score (nSPS) is 11.5. The largest absolute Gasteiger partial charge is 0.0620 e. The molecule has 0 atom stereocenters. The van der Waals surface area contributed by atoms with E-state index in [2.05, 4.69) is 34.5 Å². The molecule has 0 aliphatic heterocycles. The van der Waals surface area contributed by atoms with E-state index in [0.29, 0.717) is 0 Å². The first-order valence-corrected chi connectivity index (χ1v) is 4.95. The summed E-state index contributed by atoms with van der Waals surface area (Å²) >= 11 is 0. The van der Waals surface area contributed by atoms with Crippen LogP contribution < -0.4 is 10.3 Å². The number of benzene rings is 1. The maximum Gasteiger partial charge on any atom is -0.00201 e. The molecule has 1 aromatic carbocycles. The molecular formula is C7H11N2NaO2S. The van der Waals surface area contributed by atoms with Crippen LogP contribution in [0.2, 0.25) is 0 Å². The number of hydrogen-bond acceptors (Lipinski definition) is 2. The monoisotopic (exact) mass is 210 g/mol. The fourth-order valence-electron chi connectivity index (χ4n) is 0.836. The molecule has 6 heteroatoms. The summed E-state index contributed by atoms with van der Waals surface area (Å²) in [6.07, 6.45) is 1.24. The molecule has 0 bridgehead atoms. The smallest absolute Gasteiger partial charge is 0.00201 e. The predicted molar refractivity (Wildman–Crippen MR) is 53.7 cm³/mol. The molecule has 4 N–H and O–H groups in total. The molecule has 0 saturated heterocycles. The molecular weight excluding hydrogens is 199 g/mol. The summed E-state index contributed by atoms with van der Waals surface area (Å²) in [4.78, 5) is 0. The van der Waals surface area contributed by atoms with Crippen LogP contribution in [-0.2, 0) is 16.6 Å². The van der Waals surface area contributed by atoms with Crippen molar-refractivity contribution in [1.82, 2.24) is 0 Å². The molecule has 0 radical (unpaired) electrons. The Morgan fingerprint density at radius 2 is 1.38 bits per heavy atom. The minimum absolute atomic E-state index is 0. The van der Waals surface area contributed by atoms with E-state index in [1.165, 1.54) is 17.5 Å². The fourth-order valence-corrected chi connectivity index (χ4v) is 0.836. The van der Waals surface area contributed by atoms with Crippen LogP contribution in [-0.4, -0.2) is 38.0 Å². The maximum absolute atomic E-state index is 9.19. The van der Waals surface area contributed by atoms with Crippen LogP contribution in [0.15, 0.2) is 24.3 Å². The molecule has 0 aromatic heterocycles. The molecule has 0 fully saturated rings. The van der Waals surface area contributed by atoms with Crippen LogP contribution in [0.4, 0.5) is 0 Å². The summed E-state index contributed by atoms with van der Waals surface area (Å²) in [5.74, 6) is 0. The molecule has 2 rings (SSSR count). The van der Waals surface area contributed by atoms with Crippen molar-refractivity contribution in [2.24, 2.45) is 10.3 Å². The van der Waals surface area contributed by atoms with Gasteiger partial charge in [0.05, 0.1) is 0 Å². The predicted octanol–water partition coefficient (Wildman–Crippen LogP) is -0.909. The summed E-state index contributed by atoms with van der Waals surface area (Å²) in [6, 6.07) is 8.53. The van der Waals surface area contributed by atoms with Crippen molar-refractivity contribution >= 4 is 39.8 Å². The van der Waals surface area contributed by atoms with Crippen LogP contribution in [0, 0.1) is 0 Å². The average molecular weight is 210 g/mol. The van der Waals surface area contributed by atoms with Crippen LogP contribution in [0.3, 0.4) is 0 Å². The van der Waals surface area contributed by atoms with Crippen molar-refractivity contribution in [3.8, 4) is 0 Å².